The van der Waals surface area contributed by atoms with Gasteiger partial charge in [0.25, 0.3) is 0 Å². The molecule has 1 aliphatic carbocycles. The van der Waals surface area contributed by atoms with Crippen molar-refractivity contribution in [3.63, 3.8) is 0 Å². The smallest absolute Gasteiger partial charge is 0.0823 e. The highest BCUT2D eigenvalue weighted by Gasteiger charge is 2.44. The second kappa shape index (κ2) is 2.77. The van der Waals surface area contributed by atoms with Crippen LogP contribution in [0.2, 0.25) is 0 Å². The first-order valence-electron chi connectivity index (χ1n) is 4.50. The van der Waals surface area contributed by atoms with Crippen molar-refractivity contribution < 1.29 is 0 Å². The SMILES string of the molecule is CNc1ccc(C2(C#N)CC2)cc1. The first-order valence-corrected chi connectivity index (χ1v) is 4.50. The van der Waals surface area contributed by atoms with Gasteiger partial charge >= 0.3 is 0 Å². The quantitative estimate of drug-likeness (QED) is 0.742. The summed E-state index contributed by atoms with van der Waals surface area (Å²) in [6, 6.07) is 10.5. The lowest BCUT2D eigenvalue weighted by Gasteiger charge is -2.06. The lowest BCUT2D eigenvalue weighted by molar-refractivity contribution is 0.909. The van der Waals surface area contributed by atoms with E-state index in [1.165, 1.54) is 0 Å². The van der Waals surface area contributed by atoms with Crippen LogP contribution in [0.5, 0.6) is 0 Å². The van der Waals surface area contributed by atoms with E-state index in [0.29, 0.717) is 0 Å². The summed E-state index contributed by atoms with van der Waals surface area (Å²) in [6.45, 7) is 0. The lowest BCUT2D eigenvalue weighted by Crippen LogP contribution is -2.02. The van der Waals surface area contributed by atoms with Crippen LogP contribution in [-0.2, 0) is 5.41 Å². The molecule has 0 amide bonds. The molecule has 0 spiro atoms. The van der Waals surface area contributed by atoms with Crippen molar-refractivity contribution in [2.45, 2.75) is 18.3 Å². The van der Waals surface area contributed by atoms with E-state index < -0.39 is 0 Å². The van der Waals surface area contributed by atoms with E-state index in [9.17, 15) is 0 Å². The Balaban J connectivity index is 2.29. The van der Waals surface area contributed by atoms with Gasteiger partial charge in [0.15, 0.2) is 0 Å². The van der Waals surface area contributed by atoms with E-state index in [2.05, 4.69) is 11.4 Å². The van der Waals surface area contributed by atoms with Crippen molar-refractivity contribution in [1.82, 2.24) is 0 Å². The minimum Gasteiger partial charge on any atom is -0.388 e. The standard InChI is InChI=1S/C11H12N2/c1-13-10-4-2-9(3-5-10)11(8-12)6-7-11/h2-5,13H,6-7H2,1H3. The van der Waals surface area contributed by atoms with Crippen LogP contribution in [0.15, 0.2) is 24.3 Å². The van der Waals surface area contributed by atoms with Gasteiger partial charge in [-0.2, -0.15) is 5.26 Å². The maximum Gasteiger partial charge on any atom is 0.0823 e. The number of anilines is 1. The molecule has 1 saturated carbocycles. The molecule has 0 heterocycles. The summed E-state index contributed by atoms with van der Waals surface area (Å²) in [5.41, 5.74) is 2.11. The Morgan fingerprint density at radius 1 is 1.31 bits per heavy atom. The second-order valence-corrected chi connectivity index (χ2v) is 3.52. The number of rotatable bonds is 2. The van der Waals surface area contributed by atoms with E-state index in [1.54, 1.807) is 0 Å². The summed E-state index contributed by atoms with van der Waals surface area (Å²) in [5.74, 6) is 0. The molecule has 13 heavy (non-hydrogen) atoms. The second-order valence-electron chi connectivity index (χ2n) is 3.52. The Labute approximate surface area is 78.2 Å². The highest BCUT2D eigenvalue weighted by molar-refractivity contribution is 5.48. The Bertz CT molecular complexity index is 341. The molecule has 2 nitrogen and oxygen atoms in total. The van der Waals surface area contributed by atoms with E-state index in [4.69, 9.17) is 5.26 Å². The van der Waals surface area contributed by atoms with Gasteiger partial charge in [0, 0.05) is 12.7 Å². The zero-order valence-electron chi connectivity index (χ0n) is 7.67. The van der Waals surface area contributed by atoms with Gasteiger partial charge < -0.3 is 5.32 Å². The third-order valence-corrected chi connectivity index (χ3v) is 2.69. The molecule has 1 aromatic carbocycles. The van der Waals surface area contributed by atoms with Crippen LogP contribution in [0.3, 0.4) is 0 Å². The third kappa shape index (κ3) is 1.27. The predicted octanol–water partition coefficient (Wildman–Crippen LogP) is 2.28. The van der Waals surface area contributed by atoms with Gasteiger partial charge in [-0.1, -0.05) is 12.1 Å². The maximum absolute atomic E-state index is 8.97. The molecule has 1 aromatic rings. The van der Waals surface area contributed by atoms with Crippen LogP contribution in [0, 0.1) is 11.3 Å². The van der Waals surface area contributed by atoms with Crippen molar-refractivity contribution in [1.29, 1.82) is 5.26 Å². The van der Waals surface area contributed by atoms with Crippen molar-refractivity contribution in [3.05, 3.63) is 29.8 Å². The summed E-state index contributed by atoms with van der Waals surface area (Å²) in [5, 5.41) is 12.0. The van der Waals surface area contributed by atoms with Crippen molar-refractivity contribution in [2.75, 3.05) is 12.4 Å². The monoisotopic (exact) mass is 172 g/mol. The Morgan fingerprint density at radius 2 is 1.92 bits per heavy atom. The van der Waals surface area contributed by atoms with E-state index in [-0.39, 0.29) is 5.41 Å². The Morgan fingerprint density at radius 3 is 2.31 bits per heavy atom. The summed E-state index contributed by atoms with van der Waals surface area (Å²) in [4.78, 5) is 0. The lowest BCUT2D eigenvalue weighted by atomic mass is 9.98. The van der Waals surface area contributed by atoms with Crippen molar-refractivity contribution in [2.24, 2.45) is 0 Å². The molecule has 0 radical (unpaired) electrons. The van der Waals surface area contributed by atoms with Gasteiger partial charge in [-0.15, -0.1) is 0 Å². The van der Waals surface area contributed by atoms with Gasteiger partial charge in [0.05, 0.1) is 11.5 Å². The van der Waals surface area contributed by atoms with Crippen LogP contribution in [0.25, 0.3) is 0 Å². The van der Waals surface area contributed by atoms with Gasteiger partial charge in [-0.05, 0) is 30.5 Å². The molecule has 0 aliphatic heterocycles. The van der Waals surface area contributed by atoms with Crippen molar-refractivity contribution in [3.8, 4) is 6.07 Å². The molecule has 0 unspecified atom stereocenters. The minimum absolute atomic E-state index is 0.147. The molecule has 2 heteroatoms. The minimum atomic E-state index is -0.147. The fraction of sp³-hybridized carbons (Fsp3) is 0.364. The zero-order valence-corrected chi connectivity index (χ0v) is 7.67. The van der Waals surface area contributed by atoms with E-state index in [0.717, 1.165) is 24.1 Å². The molecule has 0 aromatic heterocycles. The molecular weight excluding hydrogens is 160 g/mol. The summed E-state index contributed by atoms with van der Waals surface area (Å²) in [7, 11) is 1.90. The summed E-state index contributed by atoms with van der Waals surface area (Å²) in [6.07, 6.45) is 2.03. The van der Waals surface area contributed by atoms with Crippen LogP contribution >= 0.6 is 0 Å². The molecule has 1 N–H and O–H groups in total. The Hall–Kier alpha value is -1.49. The van der Waals surface area contributed by atoms with Crippen LogP contribution in [0.1, 0.15) is 18.4 Å². The first-order chi connectivity index (χ1) is 6.30. The van der Waals surface area contributed by atoms with Gasteiger partial charge in [-0.25, -0.2) is 0 Å². The molecule has 0 bridgehead atoms. The fourth-order valence-electron chi connectivity index (χ4n) is 1.55. The zero-order chi connectivity index (χ0) is 9.31. The normalized spacial score (nSPS) is 17.5. The van der Waals surface area contributed by atoms with E-state index >= 15 is 0 Å². The van der Waals surface area contributed by atoms with Gasteiger partial charge in [0.1, 0.15) is 0 Å². The molecule has 1 aliphatic rings. The number of nitrogens with zero attached hydrogens (tertiary/aromatic N) is 1. The third-order valence-electron chi connectivity index (χ3n) is 2.69. The highest BCUT2D eigenvalue weighted by Crippen LogP contribution is 2.47. The Kier molecular flexibility index (Phi) is 1.73. The number of benzene rings is 1. The summed E-state index contributed by atoms with van der Waals surface area (Å²) >= 11 is 0. The van der Waals surface area contributed by atoms with Crippen LogP contribution < -0.4 is 5.32 Å². The van der Waals surface area contributed by atoms with Gasteiger partial charge in [-0.3, -0.25) is 0 Å². The molecule has 0 saturated heterocycles. The molecule has 1 fully saturated rings. The van der Waals surface area contributed by atoms with Gasteiger partial charge in [0.2, 0.25) is 0 Å². The largest absolute Gasteiger partial charge is 0.388 e. The number of nitriles is 1. The first kappa shape index (κ1) is 8.12. The average molecular weight is 172 g/mol. The van der Waals surface area contributed by atoms with E-state index in [1.807, 2.05) is 31.3 Å². The number of hydrogen-bond donors (Lipinski definition) is 1. The summed E-state index contributed by atoms with van der Waals surface area (Å²) < 4.78 is 0. The average Bonchev–Trinajstić information content (AvgIpc) is 2.99. The molecule has 2 rings (SSSR count). The molecule has 66 valence electrons. The maximum atomic E-state index is 8.97. The van der Waals surface area contributed by atoms with Crippen molar-refractivity contribution >= 4 is 5.69 Å². The highest BCUT2D eigenvalue weighted by atomic mass is 14.8. The number of nitrogens with one attached hydrogen (secondary N) is 1. The predicted molar refractivity (Wildman–Crippen MR) is 52.5 cm³/mol. The number of hydrogen-bond acceptors (Lipinski definition) is 2. The van der Waals surface area contributed by atoms with Crippen LogP contribution in [0.4, 0.5) is 5.69 Å². The van der Waals surface area contributed by atoms with Crippen LogP contribution in [-0.4, -0.2) is 7.05 Å². The fourth-order valence-corrected chi connectivity index (χ4v) is 1.55. The molecular formula is C11H12N2. The molecule has 0 atom stereocenters. The topological polar surface area (TPSA) is 35.8 Å².